The van der Waals surface area contributed by atoms with Crippen molar-refractivity contribution < 1.29 is 0 Å². The van der Waals surface area contributed by atoms with Gasteiger partial charge in [-0.2, -0.15) is 0 Å². The SMILES string of the molecule is Cc1cn(Cc2scnc2C)c(NC2CCCCC2)n1. The van der Waals surface area contributed by atoms with Gasteiger partial charge in [-0.15, -0.1) is 11.3 Å². The van der Waals surface area contributed by atoms with Crippen LogP contribution in [0.3, 0.4) is 0 Å². The van der Waals surface area contributed by atoms with E-state index in [4.69, 9.17) is 0 Å². The molecule has 0 radical (unpaired) electrons. The van der Waals surface area contributed by atoms with E-state index in [1.54, 1.807) is 11.3 Å². The summed E-state index contributed by atoms with van der Waals surface area (Å²) in [5, 5.41) is 3.64. The van der Waals surface area contributed by atoms with Gasteiger partial charge in [0.25, 0.3) is 0 Å². The van der Waals surface area contributed by atoms with Crippen molar-refractivity contribution in [3.8, 4) is 0 Å². The standard InChI is InChI=1S/C15H22N4S/c1-11-8-19(9-14-12(2)16-10-20-14)15(17-11)18-13-6-4-3-5-7-13/h8,10,13H,3-7,9H2,1-2H3,(H,17,18). The number of thiazole rings is 1. The van der Waals surface area contributed by atoms with Gasteiger partial charge in [0.2, 0.25) is 5.95 Å². The number of anilines is 1. The van der Waals surface area contributed by atoms with Crippen LogP contribution in [0, 0.1) is 13.8 Å². The molecule has 4 nitrogen and oxygen atoms in total. The predicted molar refractivity (Wildman–Crippen MR) is 83.4 cm³/mol. The smallest absolute Gasteiger partial charge is 0.203 e. The lowest BCUT2D eigenvalue weighted by atomic mass is 9.96. The van der Waals surface area contributed by atoms with Gasteiger partial charge in [0.05, 0.1) is 23.4 Å². The Bertz CT molecular complexity index is 566. The summed E-state index contributed by atoms with van der Waals surface area (Å²) in [7, 11) is 0. The van der Waals surface area contributed by atoms with Crippen LogP contribution in [0.15, 0.2) is 11.7 Å². The zero-order chi connectivity index (χ0) is 13.9. The lowest BCUT2D eigenvalue weighted by Crippen LogP contribution is -2.24. The van der Waals surface area contributed by atoms with Crippen molar-refractivity contribution in [1.29, 1.82) is 0 Å². The maximum Gasteiger partial charge on any atom is 0.203 e. The molecule has 0 unspecified atom stereocenters. The van der Waals surface area contributed by atoms with Crippen molar-refractivity contribution in [2.45, 2.75) is 58.5 Å². The Balaban J connectivity index is 1.75. The molecule has 0 atom stereocenters. The summed E-state index contributed by atoms with van der Waals surface area (Å²) in [6, 6.07) is 0.590. The molecule has 1 saturated carbocycles. The van der Waals surface area contributed by atoms with Gasteiger partial charge in [0.1, 0.15) is 0 Å². The van der Waals surface area contributed by atoms with Crippen molar-refractivity contribution in [2.24, 2.45) is 0 Å². The quantitative estimate of drug-likeness (QED) is 0.932. The maximum absolute atomic E-state index is 4.65. The normalized spacial score (nSPS) is 16.5. The summed E-state index contributed by atoms with van der Waals surface area (Å²) in [6.07, 6.45) is 8.73. The molecule has 2 aromatic heterocycles. The largest absolute Gasteiger partial charge is 0.353 e. The molecule has 0 bridgehead atoms. The van der Waals surface area contributed by atoms with Crippen molar-refractivity contribution in [3.63, 3.8) is 0 Å². The molecule has 20 heavy (non-hydrogen) atoms. The fourth-order valence-electron chi connectivity index (χ4n) is 2.84. The number of rotatable bonds is 4. The number of nitrogens with one attached hydrogen (secondary N) is 1. The first-order valence-corrected chi connectivity index (χ1v) is 8.29. The molecular weight excluding hydrogens is 268 g/mol. The van der Waals surface area contributed by atoms with Gasteiger partial charge in [-0.25, -0.2) is 9.97 Å². The van der Waals surface area contributed by atoms with Crippen LogP contribution in [0.25, 0.3) is 0 Å². The van der Waals surface area contributed by atoms with Gasteiger partial charge in [0, 0.05) is 17.1 Å². The zero-order valence-electron chi connectivity index (χ0n) is 12.2. The first kappa shape index (κ1) is 13.6. The Hall–Kier alpha value is -1.36. The molecule has 1 aliphatic rings. The van der Waals surface area contributed by atoms with Crippen LogP contribution in [-0.4, -0.2) is 20.6 Å². The van der Waals surface area contributed by atoms with Gasteiger partial charge >= 0.3 is 0 Å². The third-order valence-electron chi connectivity index (χ3n) is 3.99. The lowest BCUT2D eigenvalue weighted by Gasteiger charge is -2.23. The highest BCUT2D eigenvalue weighted by Crippen LogP contribution is 2.23. The monoisotopic (exact) mass is 290 g/mol. The number of nitrogens with zero attached hydrogens (tertiary/aromatic N) is 3. The van der Waals surface area contributed by atoms with E-state index >= 15 is 0 Å². The predicted octanol–water partition coefficient (Wildman–Crippen LogP) is 3.75. The minimum Gasteiger partial charge on any atom is -0.353 e. The number of aromatic nitrogens is 3. The number of hydrogen-bond acceptors (Lipinski definition) is 4. The first-order chi connectivity index (χ1) is 9.72. The van der Waals surface area contributed by atoms with Crippen LogP contribution in [-0.2, 0) is 6.54 Å². The summed E-state index contributed by atoms with van der Waals surface area (Å²) in [5.74, 6) is 1.02. The Morgan fingerprint density at radius 2 is 2.10 bits per heavy atom. The van der Waals surface area contributed by atoms with Crippen LogP contribution in [0.2, 0.25) is 0 Å². The number of hydrogen-bond donors (Lipinski definition) is 1. The van der Waals surface area contributed by atoms with Crippen LogP contribution < -0.4 is 5.32 Å². The van der Waals surface area contributed by atoms with E-state index in [1.165, 1.54) is 37.0 Å². The summed E-state index contributed by atoms with van der Waals surface area (Å²) in [5.41, 5.74) is 4.12. The van der Waals surface area contributed by atoms with Crippen LogP contribution in [0.4, 0.5) is 5.95 Å². The molecule has 0 spiro atoms. The number of imidazole rings is 1. The minimum atomic E-state index is 0.590. The van der Waals surface area contributed by atoms with E-state index in [0.717, 1.165) is 23.9 Å². The van der Waals surface area contributed by atoms with Crippen LogP contribution in [0.5, 0.6) is 0 Å². The van der Waals surface area contributed by atoms with Crippen LogP contribution in [0.1, 0.15) is 48.4 Å². The van der Waals surface area contributed by atoms with E-state index in [-0.39, 0.29) is 0 Å². The summed E-state index contributed by atoms with van der Waals surface area (Å²) < 4.78 is 2.23. The van der Waals surface area contributed by atoms with Crippen molar-refractivity contribution in [3.05, 3.63) is 28.0 Å². The molecule has 5 heteroatoms. The van der Waals surface area contributed by atoms with Crippen molar-refractivity contribution in [1.82, 2.24) is 14.5 Å². The van der Waals surface area contributed by atoms with Gasteiger partial charge in [-0.1, -0.05) is 19.3 Å². The lowest BCUT2D eigenvalue weighted by molar-refractivity contribution is 0.459. The molecule has 0 aliphatic heterocycles. The fraction of sp³-hybridized carbons (Fsp3) is 0.600. The van der Waals surface area contributed by atoms with Gasteiger partial charge in [-0.05, 0) is 26.7 Å². The van der Waals surface area contributed by atoms with E-state index in [0.29, 0.717) is 6.04 Å². The molecular formula is C15H22N4S. The van der Waals surface area contributed by atoms with Gasteiger partial charge in [0.15, 0.2) is 0 Å². The third-order valence-corrected chi connectivity index (χ3v) is 4.91. The molecule has 0 aromatic carbocycles. The highest BCUT2D eigenvalue weighted by molar-refractivity contribution is 7.09. The average molecular weight is 290 g/mol. The van der Waals surface area contributed by atoms with Gasteiger partial charge < -0.3 is 9.88 Å². The van der Waals surface area contributed by atoms with Crippen molar-refractivity contribution >= 4 is 17.3 Å². The summed E-state index contributed by atoms with van der Waals surface area (Å²) >= 11 is 1.72. The minimum absolute atomic E-state index is 0.590. The second kappa shape index (κ2) is 5.95. The Kier molecular flexibility index (Phi) is 4.05. The van der Waals surface area contributed by atoms with E-state index in [1.807, 2.05) is 5.51 Å². The Morgan fingerprint density at radius 1 is 1.30 bits per heavy atom. The highest BCUT2D eigenvalue weighted by Gasteiger charge is 2.16. The first-order valence-electron chi connectivity index (χ1n) is 7.41. The molecule has 0 saturated heterocycles. The van der Waals surface area contributed by atoms with Crippen molar-refractivity contribution in [2.75, 3.05) is 5.32 Å². The maximum atomic E-state index is 4.65. The van der Waals surface area contributed by atoms with E-state index in [9.17, 15) is 0 Å². The van der Waals surface area contributed by atoms with Crippen LogP contribution >= 0.6 is 11.3 Å². The molecule has 1 fully saturated rings. The second-order valence-electron chi connectivity index (χ2n) is 5.67. The Morgan fingerprint density at radius 3 is 2.80 bits per heavy atom. The van der Waals surface area contributed by atoms with Gasteiger partial charge in [-0.3, -0.25) is 0 Å². The second-order valence-corrected chi connectivity index (χ2v) is 6.61. The molecule has 1 aliphatic carbocycles. The molecule has 0 amide bonds. The Labute approximate surface area is 124 Å². The molecule has 1 N–H and O–H groups in total. The third kappa shape index (κ3) is 3.03. The van der Waals surface area contributed by atoms with E-state index in [2.05, 4.69) is 39.9 Å². The summed E-state index contributed by atoms with van der Waals surface area (Å²) in [6.45, 7) is 5.00. The fourth-order valence-corrected chi connectivity index (χ4v) is 3.62. The van der Waals surface area contributed by atoms with E-state index < -0.39 is 0 Å². The number of aryl methyl sites for hydroxylation is 2. The molecule has 3 rings (SSSR count). The average Bonchev–Trinajstić information content (AvgIpc) is 2.98. The topological polar surface area (TPSA) is 42.7 Å². The molecule has 2 aromatic rings. The molecule has 108 valence electrons. The summed E-state index contributed by atoms with van der Waals surface area (Å²) in [4.78, 5) is 10.3. The highest BCUT2D eigenvalue weighted by atomic mass is 32.1. The molecule has 2 heterocycles. The zero-order valence-corrected chi connectivity index (χ0v) is 13.0.